The fourth-order valence-electron chi connectivity index (χ4n) is 1.28. The Bertz CT molecular complexity index is 355. The van der Waals surface area contributed by atoms with Crippen LogP contribution < -0.4 is 10.6 Å². The lowest BCUT2D eigenvalue weighted by molar-refractivity contribution is 0.145. The van der Waals surface area contributed by atoms with Gasteiger partial charge in [0, 0.05) is 31.5 Å². The molecule has 5 nitrogen and oxygen atoms in total. The number of carbonyl (C=O) groups excluding carboxylic acids is 1. The van der Waals surface area contributed by atoms with Crippen molar-refractivity contribution in [3.63, 3.8) is 0 Å². The van der Waals surface area contributed by atoms with E-state index in [9.17, 15) is 9.90 Å². The van der Waals surface area contributed by atoms with E-state index in [0.29, 0.717) is 25.4 Å². The molecule has 2 amide bonds. The van der Waals surface area contributed by atoms with Gasteiger partial charge in [-0.2, -0.15) is 0 Å². The van der Waals surface area contributed by atoms with Crippen LogP contribution in [0.4, 0.5) is 10.5 Å². The third-order valence-corrected chi connectivity index (χ3v) is 2.06. The van der Waals surface area contributed by atoms with E-state index < -0.39 is 0 Å². The molecule has 17 heavy (non-hydrogen) atoms. The fraction of sp³-hybridized carbons (Fsp3) is 0.417. The van der Waals surface area contributed by atoms with Crippen molar-refractivity contribution in [1.29, 1.82) is 0 Å². The summed E-state index contributed by atoms with van der Waals surface area (Å²) in [5.74, 6) is 0.124. The average molecular weight is 238 g/mol. The van der Waals surface area contributed by atoms with Crippen LogP contribution in [-0.2, 0) is 4.74 Å². The number of anilines is 1. The van der Waals surface area contributed by atoms with Gasteiger partial charge in [0.2, 0.25) is 0 Å². The molecule has 0 fully saturated rings. The second kappa shape index (κ2) is 7.51. The number of rotatable bonds is 6. The third kappa shape index (κ3) is 5.77. The maximum absolute atomic E-state index is 11.4. The minimum absolute atomic E-state index is 0.124. The van der Waals surface area contributed by atoms with Crippen LogP contribution in [0, 0.1) is 0 Å². The highest BCUT2D eigenvalue weighted by molar-refractivity contribution is 5.89. The number of urea groups is 1. The van der Waals surface area contributed by atoms with Crippen molar-refractivity contribution in [3.8, 4) is 5.75 Å². The van der Waals surface area contributed by atoms with Crippen LogP contribution in [-0.4, -0.2) is 30.9 Å². The lowest BCUT2D eigenvalue weighted by atomic mass is 10.3. The summed E-state index contributed by atoms with van der Waals surface area (Å²) in [5.41, 5.74) is 0.562. The zero-order chi connectivity index (χ0) is 12.5. The summed E-state index contributed by atoms with van der Waals surface area (Å²) in [6, 6.07) is 6.12. The molecule has 0 aliphatic heterocycles. The minimum atomic E-state index is -0.285. The van der Waals surface area contributed by atoms with Crippen LogP contribution in [0.1, 0.15) is 13.3 Å². The Kier molecular flexibility index (Phi) is 5.88. The van der Waals surface area contributed by atoms with E-state index >= 15 is 0 Å². The summed E-state index contributed by atoms with van der Waals surface area (Å²) in [4.78, 5) is 11.4. The van der Waals surface area contributed by atoms with E-state index in [2.05, 4.69) is 10.6 Å². The summed E-state index contributed by atoms with van der Waals surface area (Å²) < 4.78 is 5.14. The van der Waals surface area contributed by atoms with Crippen molar-refractivity contribution in [3.05, 3.63) is 24.3 Å². The molecule has 5 heteroatoms. The maximum Gasteiger partial charge on any atom is 0.319 e. The first-order valence-electron chi connectivity index (χ1n) is 5.64. The number of phenols is 1. The second-order valence-electron chi connectivity index (χ2n) is 3.48. The highest BCUT2D eigenvalue weighted by Gasteiger charge is 2.00. The van der Waals surface area contributed by atoms with Crippen LogP contribution in [0.15, 0.2) is 24.3 Å². The number of carbonyl (C=O) groups is 1. The Morgan fingerprint density at radius 3 is 3.00 bits per heavy atom. The summed E-state index contributed by atoms with van der Waals surface area (Å²) in [5, 5.41) is 14.5. The van der Waals surface area contributed by atoms with Crippen LogP contribution in [0.3, 0.4) is 0 Å². The van der Waals surface area contributed by atoms with Crippen molar-refractivity contribution >= 4 is 11.7 Å². The van der Waals surface area contributed by atoms with E-state index in [1.165, 1.54) is 6.07 Å². The van der Waals surface area contributed by atoms with Gasteiger partial charge in [-0.25, -0.2) is 4.79 Å². The molecule has 0 unspecified atom stereocenters. The van der Waals surface area contributed by atoms with Crippen LogP contribution in [0.5, 0.6) is 5.75 Å². The van der Waals surface area contributed by atoms with Gasteiger partial charge in [-0.3, -0.25) is 0 Å². The monoisotopic (exact) mass is 238 g/mol. The second-order valence-corrected chi connectivity index (χ2v) is 3.48. The first kappa shape index (κ1) is 13.3. The smallest absolute Gasteiger partial charge is 0.319 e. The molecular weight excluding hydrogens is 220 g/mol. The minimum Gasteiger partial charge on any atom is -0.508 e. The molecule has 1 aromatic rings. The third-order valence-electron chi connectivity index (χ3n) is 2.06. The summed E-state index contributed by atoms with van der Waals surface area (Å²) in [6.45, 7) is 3.82. The molecule has 0 aliphatic rings. The quantitative estimate of drug-likeness (QED) is 0.663. The number of aromatic hydroxyl groups is 1. The molecule has 0 spiro atoms. The van der Waals surface area contributed by atoms with Gasteiger partial charge in [0.25, 0.3) is 0 Å². The fourth-order valence-corrected chi connectivity index (χ4v) is 1.28. The normalized spacial score (nSPS) is 9.94. The number of amides is 2. The Hall–Kier alpha value is -1.75. The van der Waals surface area contributed by atoms with Crippen molar-refractivity contribution in [2.24, 2.45) is 0 Å². The highest BCUT2D eigenvalue weighted by Crippen LogP contribution is 2.14. The Balaban J connectivity index is 2.21. The van der Waals surface area contributed by atoms with Gasteiger partial charge in [-0.15, -0.1) is 0 Å². The maximum atomic E-state index is 11.4. The van der Waals surface area contributed by atoms with Crippen molar-refractivity contribution in [1.82, 2.24) is 5.32 Å². The van der Waals surface area contributed by atoms with E-state index in [1.807, 2.05) is 6.92 Å². The Morgan fingerprint density at radius 2 is 2.29 bits per heavy atom. The van der Waals surface area contributed by atoms with Gasteiger partial charge in [0.15, 0.2) is 0 Å². The predicted molar refractivity (Wildman–Crippen MR) is 66.2 cm³/mol. The van der Waals surface area contributed by atoms with Gasteiger partial charge < -0.3 is 20.5 Å². The van der Waals surface area contributed by atoms with Gasteiger partial charge in [0.1, 0.15) is 5.75 Å². The predicted octanol–water partition coefficient (Wildman–Crippen LogP) is 1.94. The number of hydrogen-bond acceptors (Lipinski definition) is 3. The SMILES string of the molecule is CCOCCCNC(=O)Nc1cccc(O)c1. The molecule has 1 rings (SSSR count). The van der Waals surface area contributed by atoms with Crippen molar-refractivity contribution < 1.29 is 14.6 Å². The van der Waals surface area contributed by atoms with E-state index in [0.717, 1.165) is 6.42 Å². The first-order valence-corrected chi connectivity index (χ1v) is 5.64. The molecule has 0 bridgehead atoms. The van der Waals surface area contributed by atoms with E-state index in [4.69, 9.17) is 4.74 Å². The summed E-state index contributed by atoms with van der Waals surface area (Å²) in [7, 11) is 0. The number of hydrogen-bond donors (Lipinski definition) is 3. The number of benzene rings is 1. The van der Waals surface area contributed by atoms with Gasteiger partial charge in [0.05, 0.1) is 0 Å². The summed E-state index contributed by atoms with van der Waals surface area (Å²) in [6.07, 6.45) is 0.779. The van der Waals surface area contributed by atoms with Crippen LogP contribution in [0.25, 0.3) is 0 Å². The largest absolute Gasteiger partial charge is 0.508 e. The molecule has 0 atom stereocenters. The molecule has 0 saturated heterocycles. The zero-order valence-electron chi connectivity index (χ0n) is 9.90. The van der Waals surface area contributed by atoms with Crippen LogP contribution in [0.2, 0.25) is 0 Å². The highest BCUT2D eigenvalue weighted by atomic mass is 16.5. The molecule has 0 saturated carbocycles. The summed E-state index contributed by atoms with van der Waals surface area (Å²) >= 11 is 0. The zero-order valence-corrected chi connectivity index (χ0v) is 9.90. The Morgan fingerprint density at radius 1 is 1.47 bits per heavy atom. The lowest BCUT2D eigenvalue weighted by Gasteiger charge is -2.07. The van der Waals surface area contributed by atoms with Crippen molar-refractivity contribution in [2.75, 3.05) is 25.1 Å². The van der Waals surface area contributed by atoms with E-state index in [1.54, 1.807) is 18.2 Å². The van der Waals surface area contributed by atoms with Gasteiger partial charge in [-0.05, 0) is 25.5 Å². The van der Waals surface area contributed by atoms with E-state index in [-0.39, 0.29) is 11.8 Å². The topological polar surface area (TPSA) is 70.6 Å². The molecule has 3 N–H and O–H groups in total. The molecule has 0 heterocycles. The van der Waals surface area contributed by atoms with Gasteiger partial charge >= 0.3 is 6.03 Å². The number of phenolic OH excluding ortho intramolecular Hbond substituents is 1. The lowest BCUT2D eigenvalue weighted by Crippen LogP contribution is -2.30. The molecule has 0 aliphatic carbocycles. The Labute approximate surface area is 101 Å². The molecule has 0 aromatic heterocycles. The number of ether oxygens (including phenoxy) is 1. The van der Waals surface area contributed by atoms with Crippen LogP contribution >= 0.6 is 0 Å². The molecule has 1 aromatic carbocycles. The molecule has 94 valence electrons. The number of nitrogens with one attached hydrogen (secondary N) is 2. The first-order chi connectivity index (χ1) is 8.22. The molecule has 0 radical (unpaired) electrons. The average Bonchev–Trinajstić information content (AvgIpc) is 2.29. The van der Waals surface area contributed by atoms with Gasteiger partial charge in [-0.1, -0.05) is 6.07 Å². The molecular formula is C12H18N2O3. The van der Waals surface area contributed by atoms with Crippen molar-refractivity contribution in [2.45, 2.75) is 13.3 Å². The standard InChI is InChI=1S/C12H18N2O3/c1-2-17-8-4-7-13-12(16)14-10-5-3-6-11(15)9-10/h3,5-6,9,15H,2,4,7-8H2,1H3,(H2,13,14,16).